The first kappa shape index (κ1) is 15.4. The van der Waals surface area contributed by atoms with Crippen molar-refractivity contribution >= 4 is 23.5 Å². The quantitative estimate of drug-likeness (QED) is 0.757. The Morgan fingerprint density at radius 1 is 1.32 bits per heavy atom. The van der Waals surface area contributed by atoms with Crippen LogP contribution in [0.1, 0.15) is 24.8 Å². The first-order valence-electron chi connectivity index (χ1n) is 5.91. The lowest BCUT2D eigenvalue weighted by Crippen LogP contribution is -2.26. The lowest BCUT2D eigenvalue weighted by molar-refractivity contribution is -0.137. The second-order valence-corrected chi connectivity index (χ2v) is 4.52. The second kappa shape index (κ2) is 7.74. The third-order valence-corrected chi connectivity index (χ3v) is 2.86. The van der Waals surface area contributed by atoms with E-state index in [2.05, 4.69) is 5.32 Å². The number of hydrogen-bond acceptors (Lipinski definition) is 2. The predicted molar refractivity (Wildman–Crippen MR) is 69.6 cm³/mol. The molecule has 0 heterocycles. The van der Waals surface area contributed by atoms with Gasteiger partial charge < -0.3 is 10.4 Å². The predicted octanol–water partition coefficient (Wildman–Crippen LogP) is 2.39. The Morgan fingerprint density at radius 2 is 2.05 bits per heavy atom. The maximum atomic E-state index is 12.8. The van der Waals surface area contributed by atoms with Crippen LogP contribution >= 0.6 is 11.6 Å². The van der Waals surface area contributed by atoms with Crippen LogP contribution in [-0.2, 0) is 16.0 Å². The second-order valence-electron chi connectivity index (χ2n) is 4.11. The van der Waals surface area contributed by atoms with Crippen LogP contribution in [0.3, 0.4) is 0 Å². The standard InChI is InChI=1S/C13H15ClFNO3/c14-11-8-10(15)5-4-9(11)7-12(17)16-6-2-1-3-13(18)19/h4-5,8H,1-3,6-7H2,(H,16,17)(H,18,19). The highest BCUT2D eigenvalue weighted by Crippen LogP contribution is 2.17. The molecule has 0 fully saturated rings. The zero-order chi connectivity index (χ0) is 14.3. The van der Waals surface area contributed by atoms with Gasteiger partial charge in [-0.15, -0.1) is 0 Å². The molecular weight excluding hydrogens is 273 g/mol. The highest BCUT2D eigenvalue weighted by Gasteiger charge is 2.07. The number of aliphatic carboxylic acids is 1. The summed E-state index contributed by atoms with van der Waals surface area (Å²) in [6, 6.07) is 3.89. The van der Waals surface area contributed by atoms with Crippen LogP contribution in [0.4, 0.5) is 4.39 Å². The van der Waals surface area contributed by atoms with Gasteiger partial charge in [-0.1, -0.05) is 17.7 Å². The van der Waals surface area contributed by atoms with Crippen LogP contribution in [0.25, 0.3) is 0 Å². The van der Waals surface area contributed by atoms with Gasteiger partial charge in [0.2, 0.25) is 5.91 Å². The Balaban J connectivity index is 2.29. The number of halogens is 2. The summed E-state index contributed by atoms with van der Waals surface area (Å²) in [5.41, 5.74) is 0.561. The van der Waals surface area contributed by atoms with Gasteiger partial charge in [-0.25, -0.2) is 4.39 Å². The van der Waals surface area contributed by atoms with Gasteiger partial charge in [-0.2, -0.15) is 0 Å². The molecule has 0 atom stereocenters. The minimum absolute atomic E-state index is 0.0814. The topological polar surface area (TPSA) is 66.4 Å². The van der Waals surface area contributed by atoms with Crippen LogP contribution in [0.2, 0.25) is 5.02 Å². The molecule has 2 N–H and O–H groups in total. The molecule has 0 saturated heterocycles. The molecule has 1 rings (SSSR count). The van der Waals surface area contributed by atoms with Crippen molar-refractivity contribution in [2.75, 3.05) is 6.54 Å². The molecule has 0 spiro atoms. The van der Waals surface area contributed by atoms with E-state index in [9.17, 15) is 14.0 Å². The summed E-state index contributed by atoms with van der Waals surface area (Å²) in [7, 11) is 0. The third-order valence-electron chi connectivity index (χ3n) is 2.51. The number of carbonyl (C=O) groups excluding carboxylic acids is 1. The summed E-state index contributed by atoms with van der Waals surface area (Å²) in [6.45, 7) is 0.422. The highest BCUT2D eigenvalue weighted by atomic mass is 35.5. The fourth-order valence-corrected chi connectivity index (χ4v) is 1.76. The number of unbranched alkanes of at least 4 members (excludes halogenated alkanes) is 1. The van der Waals surface area contributed by atoms with Crippen molar-refractivity contribution in [3.05, 3.63) is 34.6 Å². The Kier molecular flexibility index (Phi) is 6.29. The molecular formula is C13H15ClFNO3. The van der Waals surface area contributed by atoms with Gasteiger partial charge in [0.15, 0.2) is 0 Å². The van der Waals surface area contributed by atoms with E-state index in [0.717, 1.165) is 6.07 Å². The molecule has 6 heteroatoms. The number of carbonyl (C=O) groups is 2. The van der Waals surface area contributed by atoms with Gasteiger partial charge in [0.25, 0.3) is 0 Å². The minimum atomic E-state index is -0.843. The molecule has 0 saturated carbocycles. The van der Waals surface area contributed by atoms with Crippen LogP contribution in [0, 0.1) is 5.82 Å². The molecule has 0 aliphatic rings. The van der Waals surface area contributed by atoms with Crippen LogP contribution < -0.4 is 5.32 Å². The summed E-state index contributed by atoms with van der Waals surface area (Å²) in [5, 5.41) is 11.3. The molecule has 0 aromatic heterocycles. The fraction of sp³-hybridized carbons (Fsp3) is 0.385. The van der Waals surface area contributed by atoms with E-state index in [1.165, 1.54) is 12.1 Å². The van der Waals surface area contributed by atoms with Crippen LogP contribution in [-0.4, -0.2) is 23.5 Å². The number of nitrogens with one attached hydrogen (secondary N) is 1. The normalized spacial score (nSPS) is 10.2. The Labute approximate surface area is 115 Å². The van der Waals surface area contributed by atoms with Gasteiger partial charge in [0.1, 0.15) is 5.82 Å². The number of rotatable bonds is 7. The monoisotopic (exact) mass is 287 g/mol. The minimum Gasteiger partial charge on any atom is -0.481 e. The first-order chi connectivity index (χ1) is 8.99. The first-order valence-corrected chi connectivity index (χ1v) is 6.29. The average molecular weight is 288 g/mol. The van der Waals surface area contributed by atoms with Gasteiger partial charge in [-0.3, -0.25) is 9.59 Å². The molecule has 1 aromatic rings. The van der Waals surface area contributed by atoms with E-state index < -0.39 is 11.8 Å². The zero-order valence-corrected chi connectivity index (χ0v) is 11.0. The summed E-state index contributed by atoms with van der Waals surface area (Å²) in [5.74, 6) is -1.50. The smallest absolute Gasteiger partial charge is 0.303 e. The molecule has 0 aliphatic heterocycles. The molecule has 1 amide bonds. The number of hydrogen-bond donors (Lipinski definition) is 2. The maximum absolute atomic E-state index is 12.8. The summed E-state index contributed by atoms with van der Waals surface area (Å²) in [6.07, 6.45) is 1.31. The van der Waals surface area contributed by atoms with Crippen molar-refractivity contribution in [1.82, 2.24) is 5.32 Å². The van der Waals surface area contributed by atoms with E-state index in [4.69, 9.17) is 16.7 Å². The number of carboxylic acid groups (broad SMARTS) is 1. The number of carboxylic acids is 1. The van der Waals surface area contributed by atoms with Crippen molar-refractivity contribution in [3.63, 3.8) is 0 Å². The number of amides is 1. The Bertz CT molecular complexity index is 465. The van der Waals surface area contributed by atoms with Gasteiger partial charge >= 0.3 is 5.97 Å². The van der Waals surface area contributed by atoms with E-state index >= 15 is 0 Å². The van der Waals surface area contributed by atoms with Crippen molar-refractivity contribution in [2.24, 2.45) is 0 Å². The lowest BCUT2D eigenvalue weighted by atomic mass is 10.1. The van der Waals surface area contributed by atoms with Crippen LogP contribution in [0.5, 0.6) is 0 Å². The van der Waals surface area contributed by atoms with Crippen LogP contribution in [0.15, 0.2) is 18.2 Å². The number of benzene rings is 1. The van der Waals surface area contributed by atoms with E-state index in [-0.39, 0.29) is 23.8 Å². The molecule has 0 aliphatic carbocycles. The van der Waals surface area contributed by atoms with Gasteiger partial charge in [-0.05, 0) is 30.5 Å². The SMILES string of the molecule is O=C(O)CCCCNC(=O)Cc1ccc(F)cc1Cl. The van der Waals surface area contributed by atoms with Crippen molar-refractivity contribution < 1.29 is 19.1 Å². The van der Waals surface area contributed by atoms with Crippen molar-refractivity contribution in [3.8, 4) is 0 Å². The highest BCUT2D eigenvalue weighted by molar-refractivity contribution is 6.31. The molecule has 4 nitrogen and oxygen atoms in total. The van der Waals surface area contributed by atoms with Gasteiger partial charge in [0.05, 0.1) is 6.42 Å². The van der Waals surface area contributed by atoms with E-state index in [1.54, 1.807) is 0 Å². The molecule has 0 unspecified atom stereocenters. The zero-order valence-electron chi connectivity index (χ0n) is 10.3. The lowest BCUT2D eigenvalue weighted by Gasteiger charge is -2.06. The molecule has 0 radical (unpaired) electrons. The molecule has 104 valence electrons. The van der Waals surface area contributed by atoms with E-state index in [1.807, 2.05) is 0 Å². The summed E-state index contributed by atoms with van der Waals surface area (Å²) < 4.78 is 12.8. The molecule has 1 aromatic carbocycles. The largest absolute Gasteiger partial charge is 0.481 e. The summed E-state index contributed by atoms with van der Waals surface area (Å²) >= 11 is 5.81. The molecule has 0 bridgehead atoms. The maximum Gasteiger partial charge on any atom is 0.303 e. The Morgan fingerprint density at radius 3 is 2.68 bits per heavy atom. The average Bonchev–Trinajstić information content (AvgIpc) is 2.32. The Hall–Kier alpha value is -1.62. The summed E-state index contributed by atoms with van der Waals surface area (Å²) in [4.78, 5) is 21.8. The van der Waals surface area contributed by atoms with Crippen molar-refractivity contribution in [1.29, 1.82) is 0 Å². The van der Waals surface area contributed by atoms with Gasteiger partial charge in [0, 0.05) is 18.0 Å². The fourth-order valence-electron chi connectivity index (χ4n) is 1.53. The van der Waals surface area contributed by atoms with E-state index in [0.29, 0.717) is 24.9 Å². The van der Waals surface area contributed by atoms with Crippen molar-refractivity contribution in [2.45, 2.75) is 25.7 Å². The molecule has 19 heavy (non-hydrogen) atoms. The third kappa shape index (κ3) is 6.20.